The lowest BCUT2D eigenvalue weighted by Crippen LogP contribution is -2.24. The number of ether oxygens (including phenoxy) is 1. The first-order valence-corrected chi connectivity index (χ1v) is 7.82. The molecule has 0 aliphatic heterocycles. The summed E-state index contributed by atoms with van der Waals surface area (Å²) in [5, 5.41) is 10.9. The zero-order valence-electron chi connectivity index (χ0n) is 13.8. The molecule has 0 aliphatic rings. The molecule has 2 N–H and O–H groups in total. The Labute approximate surface area is 145 Å². The number of carbonyl (C=O) groups excluding carboxylic acids is 1. The Morgan fingerprint density at radius 3 is 2.88 bits per heavy atom. The fourth-order valence-corrected chi connectivity index (χ4v) is 2.29. The van der Waals surface area contributed by atoms with Crippen LogP contribution >= 0.6 is 0 Å². The zero-order valence-corrected chi connectivity index (χ0v) is 13.8. The van der Waals surface area contributed by atoms with E-state index in [2.05, 4.69) is 20.7 Å². The number of carbonyl (C=O) groups is 1. The third kappa shape index (κ3) is 4.54. The molecule has 0 aliphatic carbocycles. The molecule has 126 valence electrons. The van der Waals surface area contributed by atoms with Crippen molar-refractivity contribution in [2.24, 2.45) is 5.10 Å². The van der Waals surface area contributed by atoms with Gasteiger partial charge in [0.1, 0.15) is 5.75 Å². The molecule has 0 bridgehead atoms. The van der Waals surface area contributed by atoms with Crippen molar-refractivity contribution in [3.8, 4) is 17.0 Å². The van der Waals surface area contributed by atoms with E-state index in [4.69, 9.17) is 4.74 Å². The van der Waals surface area contributed by atoms with Crippen LogP contribution in [0.15, 0.2) is 65.9 Å². The Bertz CT molecular complexity index is 872. The van der Waals surface area contributed by atoms with E-state index < -0.39 is 0 Å². The summed E-state index contributed by atoms with van der Waals surface area (Å²) >= 11 is 0. The molecule has 6 heteroatoms. The van der Waals surface area contributed by atoms with Crippen LogP contribution < -0.4 is 10.2 Å². The van der Waals surface area contributed by atoms with Gasteiger partial charge in [-0.15, -0.1) is 0 Å². The maximum atomic E-state index is 11.8. The molecule has 3 aromatic rings. The molecule has 0 spiro atoms. The molecule has 2 aromatic carbocycles. The molecule has 3 rings (SSSR count). The van der Waals surface area contributed by atoms with Crippen molar-refractivity contribution in [1.82, 2.24) is 15.6 Å². The first-order chi connectivity index (χ1) is 12.2. The number of hydrogen-bond donors (Lipinski definition) is 2. The number of nitrogens with one attached hydrogen (secondary N) is 2. The lowest BCUT2D eigenvalue weighted by atomic mass is 10.1. The second-order valence-electron chi connectivity index (χ2n) is 5.46. The van der Waals surface area contributed by atoms with Crippen LogP contribution in [0.3, 0.4) is 0 Å². The minimum absolute atomic E-state index is 0.0995. The second-order valence-corrected chi connectivity index (χ2v) is 5.46. The van der Waals surface area contributed by atoms with Crippen LogP contribution in [0.1, 0.15) is 11.1 Å². The van der Waals surface area contributed by atoms with E-state index in [0.717, 1.165) is 22.4 Å². The van der Waals surface area contributed by atoms with Gasteiger partial charge in [-0.25, -0.2) is 5.43 Å². The van der Waals surface area contributed by atoms with E-state index >= 15 is 0 Å². The first-order valence-electron chi connectivity index (χ1n) is 7.82. The Kier molecular flexibility index (Phi) is 5.21. The maximum absolute atomic E-state index is 11.8. The number of aryl methyl sites for hydroxylation is 1. The molecule has 0 atom stereocenters. The Morgan fingerprint density at radius 1 is 1.24 bits per heavy atom. The third-order valence-corrected chi connectivity index (χ3v) is 3.48. The third-order valence-electron chi connectivity index (χ3n) is 3.48. The van der Waals surface area contributed by atoms with E-state index in [-0.39, 0.29) is 12.5 Å². The van der Waals surface area contributed by atoms with Crippen molar-refractivity contribution in [2.45, 2.75) is 6.92 Å². The highest BCUT2D eigenvalue weighted by atomic mass is 16.5. The van der Waals surface area contributed by atoms with Crippen molar-refractivity contribution >= 4 is 12.1 Å². The second kappa shape index (κ2) is 7.92. The molecule has 1 aromatic heterocycles. The molecule has 1 heterocycles. The van der Waals surface area contributed by atoms with Gasteiger partial charge in [-0.05, 0) is 24.6 Å². The monoisotopic (exact) mass is 334 g/mol. The number of aromatic nitrogens is 2. The highest BCUT2D eigenvalue weighted by molar-refractivity contribution is 5.89. The molecule has 6 nitrogen and oxygen atoms in total. The summed E-state index contributed by atoms with van der Waals surface area (Å²) in [7, 11) is 0. The highest BCUT2D eigenvalue weighted by Gasteiger charge is 2.06. The summed E-state index contributed by atoms with van der Waals surface area (Å²) in [5.74, 6) is 0.322. The quantitative estimate of drug-likeness (QED) is 0.537. The minimum Gasteiger partial charge on any atom is -0.484 e. The van der Waals surface area contributed by atoms with E-state index in [1.54, 1.807) is 18.5 Å². The predicted molar refractivity (Wildman–Crippen MR) is 96.4 cm³/mol. The van der Waals surface area contributed by atoms with Gasteiger partial charge in [-0.2, -0.15) is 10.2 Å². The Hall–Kier alpha value is -3.41. The molecule has 25 heavy (non-hydrogen) atoms. The van der Waals surface area contributed by atoms with Gasteiger partial charge in [0.05, 0.1) is 18.1 Å². The standard InChI is InChI=1S/C19H18N4O2/c1-14-6-5-9-17(10-14)25-13-18(24)22-20-11-16-12-21-23-19(16)15-7-3-2-4-8-15/h2-12H,13H2,1H3,(H,21,23)(H,22,24)/b20-11+. The predicted octanol–water partition coefficient (Wildman–Crippen LogP) is 2.91. The van der Waals surface area contributed by atoms with Gasteiger partial charge in [0.25, 0.3) is 5.91 Å². The van der Waals surface area contributed by atoms with Crippen LogP contribution in [0.5, 0.6) is 5.75 Å². The summed E-state index contributed by atoms with van der Waals surface area (Å²) in [6.45, 7) is 1.87. The smallest absolute Gasteiger partial charge is 0.277 e. The van der Waals surface area contributed by atoms with Crippen LogP contribution in [0, 0.1) is 6.92 Å². The maximum Gasteiger partial charge on any atom is 0.277 e. The normalized spacial score (nSPS) is 10.8. The van der Waals surface area contributed by atoms with Gasteiger partial charge in [0.2, 0.25) is 0 Å². The fourth-order valence-electron chi connectivity index (χ4n) is 2.29. The number of amides is 1. The summed E-state index contributed by atoms with van der Waals surface area (Å²) in [6, 6.07) is 17.3. The van der Waals surface area contributed by atoms with Gasteiger partial charge < -0.3 is 4.74 Å². The van der Waals surface area contributed by atoms with Crippen LogP contribution in [-0.2, 0) is 4.79 Å². The summed E-state index contributed by atoms with van der Waals surface area (Å²) in [6.07, 6.45) is 3.21. The number of aromatic amines is 1. The van der Waals surface area contributed by atoms with Crippen LogP contribution in [0.4, 0.5) is 0 Å². The molecule has 0 fully saturated rings. The molecule has 1 amide bonds. The van der Waals surface area contributed by atoms with Gasteiger partial charge in [-0.1, -0.05) is 42.5 Å². The lowest BCUT2D eigenvalue weighted by Gasteiger charge is -2.05. The number of hydrazone groups is 1. The van der Waals surface area contributed by atoms with E-state index in [1.165, 1.54) is 0 Å². The number of nitrogens with zero attached hydrogens (tertiary/aromatic N) is 2. The topological polar surface area (TPSA) is 79.4 Å². The number of rotatable bonds is 6. The van der Waals surface area contributed by atoms with Crippen molar-refractivity contribution < 1.29 is 9.53 Å². The lowest BCUT2D eigenvalue weighted by molar-refractivity contribution is -0.123. The average molecular weight is 334 g/mol. The molecule has 0 saturated heterocycles. The van der Waals surface area contributed by atoms with Crippen LogP contribution in [-0.4, -0.2) is 28.9 Å². The zero-order chi connectivity index (χ0) is 17.5. The van der Waals surface area contributed by atoms with Gasteiger partial charge in [-0.3, -0.25) is 9.89 Å². The first kappa shape index (κ1) is 16.4. The largest absolute Gasteiger partial charge is 0.484 e. The molecular formula is C19H18N4O2. The SMILES string of the molecule is Cc1cccc(OCC(=O)N/N=C/c2cn[nH]c2-c2ccccc2)c1. The number of H-pyrrole nitrogens is 1. The minimum atomic E-state index is -0.331. The van der Waals surface area contributed by atoms with Gasteiger partial charge >= 0.3 is 0 Å². The molecular weight excluding hydrogens is 316 g/mol. The van der Waals surface area contributed by atoms with Crippen molar-refractivity contribution in [1.29, 1.82) is 0 Å². The van der Waals surface area contributed by atoms with E-state index in [9.17, 15) is 4.79 Å². The Balaban J connectivity index is 1.55. The Morgan fingerprint density at radius 2 is 2.08 bits per heavy atom. The van der Waals surface area contributed by atoms with Crippen molar-refractivity contribution in [3.63, 3.8) is 0 Å². The molecule has 0 radical (unpaired) electrons. The van der Waals surface area contributed by atoms with Crippen molar-refractivity contribution in [3.05, 3.63) is 71.9 Å². The van der Waals surface area contributed by atoms with Crippen LogP contribution in [0.2, 0.25) is 0 Å². The summed E-state index contributed by atoms with van der Waals surface area (Å²) in [5.41, 5.74) is 6.14. The van der Waals surface area contributed by atoms with E-state index in [1.807, 2.05) is 55.5 Å². The van der Waals surface area contributed by atoms with Crippen molar-refractivity contribution in [2.75, 3.05) is 6.61 Å². The van der Waals surface area contributed by atoms with Gasteiger partial charge in [0.15, 0.2) is 6.61 Å². The van der Waals surface area contributed by atoms with E-state index in [0.29, 0.717) is 5.75 Å². The molecule has 0 unspecified atom stereocenters. The fraction of sp³-hybridized carbons (Fsp3) is 0.105. The highest BCUT2D eigenvalue weighted by Crippen LogP contribution is 2.18. The summed E-state index contributed by atoms with van der Waals surface area (Å²) in [4.78, 5) is 11.8. The number of hydrogen-bond acceptors (Lipinski definition) is 4. The number of benzene rings is 2. The average Bonchev–Trinajstić information content (AvgIpc) is 3.09. The molecule has 0 saturated carbocycles. The van der Waals surface area contributed by atoms with Crippen LogP contribution in [0.25, 0.3) is 11.3 Å². The van der Waals surface area contributed by atoms with Gasteiger partial charge in [0, 0.05) is 11.1 Å². The summed E-state index contributed by atoms with van der Waals surface area (Å²) < 4.78 is 5.42.